The SMILES string of the molecule is Cc1nonc1C(=O)N[C@H](c1nc2nc([C@@H]3C[C@](C)(F)CCN3C(=O)C34CC(F)(C3)C4)ccc2[nH]1)C1CCC(F)(F)CC1. The number of likely N-dealkylation sites (tertiary alicyclic amines) is 1. The fourth-order valence-corrected chi connectivity index (χ4v) is 7.54. The first-order valence-corrected chi connectivity index (χ1v) is 14.8. The lowest BCUT2D eigenvalue weighted by molar-refractivity contribution is -0.225. The predicted molar refractivity (Wildman–Crippen MR) is 143 cm³/mol. The van der Waals surface area contributed by atoms with Gasteiger partial charge in [-0.05, 0) is 75.6 Å². The third-order valence-electron chi connectivity index (χ3n) is 9.96. The summed E-state index contributed by atoms with van der Waals surface area (Å²) in [6.07, 6.45) is 0.594. The highest BCUT2D eigenvalue weighted by Crippen LogP contribution is 2.70. The van der Waals surface area contributed by atoms with Crippen molar-refractivity contribution in [2.45, 2.75) is 101 Å². The number of fused-ring (bicyclic) bond motifs is 1. The van der Waals surface area contributed by atoms with Gasteiger partial charge in [-0.1, -0.05) is 5.16 Å². The zero-order valence-electron chi connectivity index (χ0n) is 23.9. The molecule has 0 aromatic carbocycles. The minimum absolute atomic E-state index is 0.0126. The van der Waals surface area contributed by atoms with Gasteiger partial charge in [0, 0.05) is 25.8 Å². The minimum Gasteiger partial charge on any atom is -0.340 e. The Hall–Kier alpha value is -3.58. The van der Waals surface area contributed by atoms with Crippen LogP contribution < -0.4 is 5.32 Å². The highest BCUT2D eigenvalue weighted by molar-refractivity contribution is 5.93. The molecule has 230 valence electrons. The molecule has 5 fully saturated rings. The summed E-state index contributed by atoms with van der Waals surface area (Å²) in [7, 11) is 0. The summed E-state index contributed by atoms with van der Waals surface area (Å²) in [5.41, 5.74) is -1.88. The van der Waals surface area contributed by atoms with Crippen molar-refractivity contribution in [2.24, 2.45) is 11.3 Å². The molecule has 0 unspecified atom stereocenters. The largest absolute Gasteiger partial charge is 0.340 e. The second-order valence-electron chi connectivity index (χ2n) is 13.4. The van der Waals surface area contributed by atoms with Crippen molar-refractivity contribution >= 4 is 23.0 Å². The maximum atomic E-state index is 15.3. The van der Waals surface area contributed by atoms with Gasteiger partial charge in [0.1, 0.15) is 22.9 Å². The normalized spacial score (nSPS) is 32.6. The Morgan fingerprint density at radius 3 is 2.44 bits per heavy atom. The molecule has 3 atom stereocenters. The molecule has 14 heteroatoms. The van der Waals surface area contributed by atoms with Crippen molar-refractivity contribution in [1.82, 2.24) is 35.5 Å². The Morgan fingerprint density at radius 1 is 1.07 bits per heavy atom. The first-order valence-electron chi connectivity index (χ1n) is 14.8. The molecular weight excluding hydrogens is 570 g/mol. The van der Waals surface area contributed by atoms with Crippen LogP contribution >= 0.6 is 0 Å². The van der Waals surface area contributed by atoms with Crippen LogP contribution in [0.4, 0.5) is 17.6 Å². The van der Waals surface area contributed by atoms with E-state index < -0.39 is 40.7 Å². The zero-order chi connectivity index (χ0) is 30.4. The van der Waals surface area contributed by atoms with Gasteiger partial charge in [-0.15, -0.1) is 0 Å². The summed E-state index contributed by atoms with van der Waals surface area (Å²) in [4.78, 5) is 40.8. The number of imidazole rings is 1. The number of piperidine rings is 1. The molecule has 5 aliphatic rings. The van der Waals surface area contributed by atoms with Gasteiger partial charge in [-0.25, -0.2) is 32.2 Å². The quantitative estimate of drug-likeness (QED) is 0.369. The van der Waals surface area contributed by atoms with E-state index in [1.54, 1.807) is 24.0 Å². The molecule has 1 saturated heterocycles. The number of halogens is 4. The molecular formula is C29H33F4N7O3. The Morgan fingerprint density at radius 2 is 1.79 bits per heavy atom. The van der Waals surface area contributed by atoms with Gasteiger partial charge < -0.3 is 15.2 Å². The maximum absolute atomic E-state index is 15.3. The first-order chi connectivity index (χ1) is 20.3. The number of H-pyrrole nitrogens is 1. The van der Waals surface area contributed by atoms with E-state index in [0.717, 1.165) is 0 Å². The predicted octanol–water partition coefficient (Wildman–Crippen LogP) is 5.23. The lowest BCUT2D eigenvalue weighted by Crippen LogP contribution is -2.71. The Bertz CT molecular complexity index is 1570. The molecule has 0 radical (unpaired) electrons. The van der Waals surface area contributed by atoms with Gasteiger partial charge in [-0.2, -0.15) is 0 Å². The number of hydrogen-bond acceptors (Lipinski definition) is 7. The molecule has 2 N–H and O–H groups in total. The van der Waals surface area contributed by atoms with Crippen LogP contribution in [-0.4, -0.2) is 65.8 Å². The van der Waals surface area contributed by atoms with E-state index in [-0.39, 0.29) is 87.5 Å². The number of aromatic amines is 1. The number of carbonyl (C=O) groups excluding carboxylic acids is 2. The van der Waals surface area contributed by atoms with Crippen LogP contribution in [0, 0.1) is 18.3 Å². The summed E-state index contributed by atoms with van der Waals surface area (Å²) in [6.45, 7) is 3.29. The molecule has 4 heterocycles. The monoisotopic (exact) mass is 603 g/mol. The first kappa shape index (κ1) is 28.2. The molecule has 10 nitrogen and oxygen atoms in total. The van der Waals surface area contributed by atoms with Crippen molar-refractivity contribution < 1.29 is 31.8 Å². The highest BCUT2D eigenvalue weighted by atomic mass is 19.3. The van der Waals surface area contributed by atoms with Gasteiger partial charge >= 0.3 is 0 Å². The second kappa shape index (κ2) is 9.46. The lowest BCUT2D eigenvalue weighted by Gasteiger charge is -2.65. The summed E-state index contributed by atoms with van der Waals surface area (Å²) < 4.78 is 62.2. The average Bonchev–Trinajstić information content (AvgIpc) is 3.54. The summed E-state index contributed by atoms with van der Waals surface area (Å²) >= 11 is 0. The number of hydrogen-bond donors (Lipinski definition) is 2. The van der Waals surface area contributed by atoms with Gasteiger partial charge in [0.25, 0.3) is 5.91 Å². The maximum Gasteiger partial charge on any atom is 0.276 e. The second-order valence-corrected chi connectivity index (χ2v) is 13.4. The van der Waals surface area contributed by atoms with Crippen molar-refractivity contribution in [3.63, 3.8) is 0 Å². The fraction of sp³-hybridized carbons (Fsp3) is 0.655. The molecule has 43 heavy (non-hydrogen) atoms. The Labute approximate surface area is 244 Å². The number of amides is 2. The van der Waals surface area contributed by atoms with Crippen LogP contribution in [0.3, 0.4) is 0 Å². The average molecular weight is 604 g/mol. The van der Waals surface area contributed by atoms with Gasteiger partial charge in [-0.3, -0.25) is 9.59 Å². The summed E-state index contributed by atoms with van der Waals surface area (Å²) in [5.74, 6) is -3.48. The smallest absolute Gasteiger partial charge is 0.276 e. The summed E-state index contributed by atoms with van der Waals surface area (Å²) in [5, 5.41) is 10.2. The number of pyridine rings is 1. The fourth-order valence-electron chi connectivity index (χ4n) is 7.54. The molecule has 2 amide bonds. The topological polar surface area (TPSA) is 130 Å². The van der Waals surface area contributed by atoms with Crippen molar-refractivity contribution in [2.75, 3.05) is 6.54 Å². The van der Waals surface area contributed by atoms with E-state index >= 15 is 4.39 Å². The van der Waals surface area contributed by atoms with E-state index in [0.29, 0.717) is 22.7 Å². The number of aryl methyl sites for hydroxylation is 1. The third kappa shape index (κ3) is 4.86. The van der Waals surface area contributed by atoms with Crippen LogP contribution in [0.5, 0.6) is 0 Å². The molecule has 3 aromatic heterocycles. The van der Waals surface area contributed by atoms with Crippen LogP contribution in [0.15, 0.2) is 16.8 Å². The van der Waals surface area contributed by atoms with E-state index in [9.17, 15) is 22.8 Å². The van der Waals surface area contributed by atoms with Crippen LogP contribution in [-0.2, 0) is 4.79 Å². The van der Waals surface area contributed by atoms with Gasteiger partial charge in [0.15, 0.2) is 11.3 Å². The molecule has 0 spiro atoms. The number of aromatic nitrogens is 5. The van der Waals surface area contributed by atoms with E-state index in [2.05, 4.69) is 30.2 Å². The highest BCUT2D eigenvalue weighted by Gasteiger charge is 2.73. The van der Waals surface area contributed by atoms with Crippen molar-refractivity contribution in [3.8, 4) is 0 Å². The van der Waals surface area contributed by atoms with E-state index in [1.165, 1.54) is 6.92 Å². The number of nitrogens with zero attached hydrogens (tertiary/aromatic N) is 5. The Kier molecular flexibility index (Phi) is 6.20. The number of alkyl halides is 4. The molecule has 8 rings (SSSR count). The van der Waals surface area contributed by atoms with E-state index in [1.807, 2.05) is 0 Å². The molecule has 3 aromatic rings. The molecule has 4 aliphatic carbocycles. The van der Waals surface area contributed by atoms with Crippen LogP contribution in [0.25, 0.3) is 11.2 Å². The number of nitrogens with one attached hydrogen (secondary N) is 2. The zero-order valence-corrected chi connectivity index (χ0v) is 23.9. The molecule has 1 aliphatic heterocycles. The van der Waals surface area contributed by atoms with Gasteiger partial charge in [0.2, 0.25) is 11.8 Å². The lowest BCUT2D eigenvalue weighted by atomic mass is 9.41. The number of rotatable bonds is 6. The number of carbonyl (C=O) groups is 2. The van der Waals surface area contributed by atoms with E-state index in [4.69, 9.17) is 4.98 Å². The van der Waals surface area contributed by atoms with Crippen LogP contribution in [0.1, 0.15) is 104 Å². The minimum atomic E-state index is -2.76. The van der Waals surface area contributed by atoms with Crippen molar-refractivity contribution in [1.29, 1.82) is 0 Å². The third-order valence-corrected chi connectivity index (χ3v) is 9.96. The van der Waals surface area contributed by atoms with Crippen molar-refractivity contribution in [3.05, 3.63) is 35.0 Å². The van der Waals surface area contributed by atoms with Gasteiger partial charge in [0.05, 0.1) is 28.7 Å². The summed E-state index contributed by atoms with van der Waals surface area (Å²) in [6, 6.07) is 2.05. The molecule has 2 bridgehead atoms. The molecule has 4 saturated carbocycles. The van der Waals surface area contributed by atoms with Crippen LogP contribution in [0.2, 0.25) is 0 Å². The standard InChI is InChI=1S/C29H33F4N7O3/c1-15-20(39-43-38-15)24(41)36-21(16-5-7-29(32,33)8-6-16)23-35-18-4-3-17(34-22(18)37-23)19-11-26(2,30)9-10-40(19)25(42)27-12-28(31,13-27)14-27/h3-4,16,19,21H,5-14H2,1-2H3,(H,36,41)(H,34,35,37)/t19-,21-,26+,27?,28?/m0/s1. The Balaban J connectivity index is 1.19.